The standard InChI is InChI=1S/C13H12ClN3O/c1-17(9-10-4-6-15-7-5-10)13(18)11-2-3-12(14)16-8-11/h2-8H,9H2,1H3. The van der Waals surface area contributed by atoms with E-state index < -0.39 is 0 Å². The lowest BCUT2D eigenvalue weighted by molar-refractivity contribution is 0.0784. The molecule has 0 saturated carbocycles. The Morgan fingerprint density at radius 3 is 2.61 bits per heavy atom. The summed E-state index contributed by atoms with van der Waals surface area (Å²) < 4.78 is 0. The van der Waals surface area contributed by atoms with E-state index in [-0.39, 0.29) is 5.91 Å². The molecule has 0 spiro atoms. The van der Waals surface area contributed by atoms with E-state index in [1.54, 1.807) is 36.5 Å². The van der Waals surface area contributed by atoms with Crippen molar-refractivity contribution in [1.82, 2.24) is 14.9 Å². The first kappa shape index (κ1) is 12.5. The second-order valence-electron chi connectivity index (χ2n) is 3.89. The fourth-order valence-corrected chi connectivity index (χ4v) is 1.67. The van der Waals surface area contributed by atoms with Crippen LogP contribution in [0, 0.1) is 0 Å². The van der Waals surface area contributed by atoms with Crippen molar-refractivity contribution < 1.29 is 4.79 Å². The zero-order chi connectivity index (χ0) is 13.0. The van der Waals surface area contributed by atoms with Crippen molar-refractivity contribution in [1.29, 1.82) is 0 Å². The Labute approximate surface area is 110 Å². The van der Waals surface area contributed by atoms with Crippen LogP contribution in [0.15, 0.2) is 42.9 Å². The maximum absolute atomic E-state index is 12.1. The zero-order valence-corrected chi connectivity index (χ0v) is 10.6. The van der Waals surface area contributed by atoms with Gasteiger partial charge in [0.25, 0.3) is 5.91 Å². The molecular formula is C13H12ClN3O. The number of carbonyl (C=O) groups is 1. The number of hydrogen-bond acceptors (Lipinski definition) is 3. The molecule has 0 aliphatic carbocycles. The minimum atomic E-state index is -0.0871. The molecule has 2 aromatic heterocycles. The number of carbonyl (C=O) groups excluding carboxylic acids is 1. The van der Waals surface area contributed by atoms with Crippen LogP contribution in [-0.2, 0) is 6.54 Å². The molecule has 0 bridgehead atoms. The zero-order valence-electron chi connectivity index (χ0n) is 9.88. The minimum Gasteiger partial charge on any atom is -0.337 e. The van der Waals surface area contributed by atoms with Crippen LogP contribution in [0.1, 0.15) is 15.9 Å². The van der Waals surface area contributed by atoms with Gasteiger partial charge in [-0.05, 0) is 29.8 Å². The quantitative estimate of drug-likeness (QED) is 0.797. The number of hydrogen-bond donors (Lipinski definition) is 0. The molecule has 0 atom stereocenters. The van der Waals surface area contributed by atoms with Gasteiger partial charge in [0.05, 0.1) is 5.56 Å². The lowest BCUT2D eigenvalue weighted by Crippen LogP contribution is -2.26. The van der Waals surface area contributed by atoms with E-state index in [9.17, 15) is 4.79 Å². The van der Waals surface area contributed by atoms with Gasteiger partial charge >= 0.3 is 0 Å². The number of aromatic nitrogens is 2. The Morgan fingerprint density at radius 2 is 2.00 bits per heavy atom. The lowest BCUT2D eigenvalue weighted by Gasteiger charge is -2.17. The molecule has 1 amide bonds. The first-order chi connectivity index (χ1) is 8.66. The van der Waals surface area contributed by atoms with Gasteiger partial charge in [-0.15, -0.1) is 0 Å². The highest BCUT2D eigenvalue weighted by atomic mass is 35.5. The highest BCUT2D eigenvalue weighted by Gasteiger charge is 2.12. The van der Waals surface area contributed by atoms with Gasteiger partial charge in [-0.25, -0.2) is 4.98 Å². The van der Waals surface area contributed by atoms with Crippen LogP contribution in [0.25, 0.3) is 0 Å². The molecule has 0 saturated heterocycles. The highest BCUT2D eigenvalue weighted by Crippen LogP contribution is 2.09. The van der Waals surface area contributed by atoms with Gasteiger partial charge in [0.1, 0.15) is 5.15 Å². The highest BCUT2D eigenvalue weighted by molar-refractivity contribution is 6.29. The molecule has 2 aromatic rings. The summed E-state index contributed by atoms with van der Waals surface area (Å²) in [7, 11) is 1.75. The SMILES string of the molecule is CN(Cc1ccncc1)C(=O)c1ccc(Cl)nc1. The average Bonchev–Trinajstić information content (AvgIpc) is 2.40. The van der Waals surface area contributed by atoms with Crippen molar-refractivity contribution in [3.05, 3.63) is 59.1 Å². The van der Waals surface area contributed by atoms with Crippen molar-refractivity contribution >= 4 is 17.5 Å². The van der Waals surface area contributed by atoms with Gasteiger partial charge in [-0.1, -0.05) is 11.6 Å². The predicted octanol–water partition coefficient (Wildman–Crippen LogP) is 2.40. The Balaban J connectivity index is 2.07. The second kappa shape index (κ2) is 5.60. The van der Waals surface area contributed by atoms with E-state index in [4.69, 9.17) is 11.6 Å². The van der Waals surface area contributed by atoms with Gasteiger partial charge in [-0.2, -0.15) is 0 Å². The molecule has 18 heavy (non-hydrogen) atoms. The van der Waals surface area contributed by atoms with E-state index in [2.05, 4.69) is 9.97 Å². The fourth-order valence-electron chi connectivity index (χ4n) is 1.56. The van der Waals surface area contributed by atoms with Gasteiger partial charge < -0.3 is 4.90 Å². The van der Waals surface area contributed by atoms with Crippen LogP contribution >= 0.6 is 11.6 Å². The van der Waals surface area contributed by atoms with Crippen LogP contribution in [0.2, 0.25) is 5.15 Å². The lowest BCUT2D eigenvalue weighted by atomic mass is 10.2. The third kappa shape index (κ3) is 3.05. The Morgan fingerprint density at radius 1 is 1.28 bits per heavy atom. The topological polar surface area (TPSA) is 46.1 Å². The molecule has 0 N–H and O–H groups in total. The minimum absolute atomic E-state index is 0.0871. The average molecular weight is 262 g/mol. The Kier molecular flexibility index (Phi) is 3.89. The molecule has 2 heterocycles. The summed E-state index contributed by atoms with van der Waals surface area (Å²) in [6.07, 6.45) is 4.89. The molecule has 2 rings (SSSR count). The van der Waals surface area contributed by atoms with Crippen molar-refractivity contribution in [3.8, 4) is 0 Å². The molecule has 0 unspecified atom stereocenters. The molecule has 0 aliphatic heterocycles. The molecule has 0 aromatic carbocycles. The first-order valence-corrected chi connectivity index (χ1v) is 5.80. The van der Waals surface area contributed by atoms with E-state index in [0.717, 1.165) is 5.56 Å². The predicted molar refractivity (Wildman–Crippen MR) is 69.3 cm³/mol. The number of pyridine rings is 2. The van der Waals surface area contributed by atoms with Crippen LogP contribution in [0.5, 0.6) is 0 Å². The monoisotopic (exact) mass is 261 g/mol. The molecule has 5 heteroatoms. The summed E-state index contributed by atoms with van der Waals surface area (Å²) >= 11 is 5.68. The first-order valence-electron chi connectivity index (χ1n) is 5.43. The van der Waals surface area contributed by atoms with Crippen molar-refractivity contribution in [3.63, 3.8) is 0 Å². The fraction of sp³-hybridized carbons (Fsp3) is 0.154. The Hall–Kier alpha value is -1.94. The van der Waals surface area contributed by atoms with Crippen LogP contribution in [0.4, 0.5) is 0 Å². The maximum Gasteiger partial charge on any atom is 0.255 e. The summed E-state index contributed by atoms with van der Waals surface area (Å²) in [5.41, 5.74) is 1.55. The normalized spacial score (nSPS) is 10.1. The molecule has 92 valence electrons. The molecule has 0 radical (unpaired) electrons. The molecule has 0 aliphatic rings. The third-order valence-electron chi connectivity index (χ3n) is 2.49. The van der Waals surface area contributed by atoms with E-state index in [1.807, 2.05) is 12.1 Å². The molecule has 4 nitrogen and oxygen atoms in total. The smallest absolute Gasteiger partial charge is 0.255 e. The summed E-state index contributed by atoms with van der Waals surface area (Å²) in [6, 6.07) is 7.03. The van der Waals surface area contributed by atoms with Crippen molar-refractivity contribution in [2.24, 2.45) is 0 Å². The third-order valence-corrected chi connectivity index (χ3v) is 2.71. The Bertz CT molecular complexity index is 528. The summed E-state index contributed by atoms with van der Waals surface area (Å²) in [5.74, 6) is -0.0871. The van der Waals surface area contributed by atoms with E-state index in [0.29, 0.717) is 17.3 Å². The second-order valence-corrected chi connectivity index (χ2v) is 4.27. The maximum atomic E-state index is 12.1. The molecular weight excluding hydrogens is 250 g/mol. The largest absolute Gasteiger partial charge is 0.337 e. The van der Waals surface area contributed by atoms with Crippen LogP contribution < -0.4 is 0 Å². The van der Waals surface area contributed by atoms with Crippen LogP contribution in [0.3, 0.4) is 0 Å². The summed E-state index contributed by atoms with van der Waals surface area (Å²) in [6.45, 7) is 0.532. The van der Waals surface area contributed by atoms with Gasteiger partial charge in [-0.3, -0.25) is 9.78 Å². The summed E-state index contributed by atoms with van der Waals surface area (Å²) in [4.78, 5) is 21.5. The molecule has 0 fully saturated rings. The number of nitrogens with zero attached hydrogens (tertiary/aromatic N) is 3. The van der Waals surface area contributed by atoms with Gasteiger partial charge in [0, 0.05) is 32.2 Å². The van der Waals surface area contributed by atoms with E-state index in [1.165, 1.54) is 6.20 Å². The van der Waals surface area contributed by atoms with Crippen molar-refractivity contribution in [2.75, 3.05) is 7.05 Å². The van der Waals surface area contributed by atoms with Crippen LogP contribution in [-0.4, -0.2) is 27.8 Å². The van der Waals surface area contributed by atoms with Crippen molar-refractivity contribution in [2.45, 2.75) is 6.54 Å². The number of halogens is 1. The summed E-state index contributed by atoms with van der Waals surface area (Å²) in [5, 5.41) is 0.378. The number of amides is 1. The van der Waals surface area contributed by atoms with Gasteiger partial charge in [0.15, 0.2) is 0 Å². The number of rotatable bonds is 3. The van der Waals surface area contributed by atoms with Gasteiger partial charge in [0.2, 0.25) is 0 Å². The van der Waals surface area contributed by atoms with E-state index >= 15 is 0 Å².